The van der Waals surface area contributed by atoms with Crippen LogP contribution in [0.3, 0.4) is 0 Å². The van der Waals surface area contributed by atoms with E-state index in [4.69, 9.17) is 0 Å². The number of benzene rings is 2. The first-order chi connectivity index (χ1) is 13.3. The van der Waals surface area contributed by atoms with Gasteiger partial charge in [0.1, 0.15) is 0 Å². The molecule has 1 atom stereocenters. The van der Waals surface area contributed by atoms with E-state index < -0.39 is 17.0 Å². The van der Waals surface area contributed by atoms with Crippen molar-refractivity contribution in [2.45, 2.75) is 22.9 Å². The molecule has 0 saturated carbocycles. The molecule has 144 valence electrons. The molecule has 0 aliphatic heterocycles. The van der Waals surface area contributed by atoms with Crippen LogP contribution in [-0.4, -0.2) is 11.0 Å². The Hall–Kier alpha value is -2.80. The van der Waals surface area contributed by atoms with Crippen molar-refractivity contribution in [3.63, 3.8) is 0 Å². The van der Waals surface area contributed by atoms with Crippen molar-refractivity contribution in [3.05, 3.63) is 95.7 Å². The average Bonchev–Trinajstić information content (AvgIpc) is 2.67. The van der Waals surface area contributed by atoms with Crippen LogP contribution in [0, 0.1) is 0 Å². The summed E-state index contributed by atoms with van der Waals surface area (Å²) in [7, 11) is 0. The van der Waals surface area contributed by atoms with Gasteiger partial charge in [0, 0.05) is 23.3 Å². The predicted molar refractivity (Wildman–Crippen MR) is 99.0 cm³/mol. The first kappa shape index (κ1) is 19.9. The monoisotopic (exact) mass is 404 g/mol. The minimum Gasteiger partial charge on any atom is -0.298 e. The van der Waals surface area contributed by atoms with Crippen molar-refractivity contribution in [1.29, 1.82) is 0 Å². The normalized spacial score (nSPS) is 12.5. The van der Waals surface area contributed by atoms with E-state index in [-0.39, 0.29) is 12.2 Å². The summed E-state index contributed by atoms with van der Waals surface area (Å²) in [6, 6.07) is 18.8. The molecule has 3 nitrogen and oxygen atoms in total. The van der Waals surface area contributed by atoms with Crippen molar-refractivity contribution in [2.24, 2.45) is 0 Å². The molecule has 1 N–H and O–H groups in total. The zero-order chi connectivity index (χ0) is 20.1. The third-order valence-corrected chi connectivity index (χ3v) is 5.40. The summed E-state index contributed by atoms with van der Waals surface area (Å²) in [5.41, 5.74) is 0.234. The molecule has 1 aromatic heterocycles. The number of hydrogen-bond donors (Lipinski definition) is 1. The molecule has 2 aromatic carbocycles. The van der Waals surface area contributed by atoms with Crippen molar-refractivity contribution >= 4 is 17.5 Å². The lowest BCUT2D eigenvalue weighted by Gasteiger charge is -2.15. The maximum Gasteiger partial charge on any atom is 0.416 e. The van der Waals surface area contributed by atoms with E-state index in [1.54, 1.807) is 42.5 Å². The van der Waals surface area contributed by atoms with Crippen LogP contribution in [0.15, 0.2) is 84.0 Å². The van der Waals surface area contributed by atoms with E-state index in [0.29, 0.717) is 16.2 Å². The molecule has 0 aliphatic rings. The van der Waals surface area contributed by atoms with E-state index in [9.17, 15) is 23.2 Å². The van der Waals surface area contributed by atoms with Gasteiger partial charge in [-0.15, -0.1) is 0 Å². The van der Waals surface area contributed by atoms with Crippen LogP contribution < -0.4 is 4.73 Å². The summed E-state index contributed by atoms with van der Waals surface area (Å²) < 4.78 is 39.7. The number of thioether (sulfide) groups is 1. The molecular formula is C21H17F3NO2S+. The van der Waals surface area contributed by atoms with Crippen molar-refractivity contribution in [1.82, 2.24) is 0 Å². The van der Waals surface area contributed by atoms with Gasteiger partial charge in [-0.05, 0) is 35.0 Å². The molecule has 0 fully saturated rings. The highest BCUT2D eigenvalue weighted by Gasteiger charge is 2.31. The predicted octanol–water partition coefficient (Wildman–Crippen LogP) is 4.88. The van der Waals surface area contributed by atoms with Crippen molar-refractivity contribution in [2.75, 3.05) is 0 Å². The van der Waals surface area contributed by atoms with Crippen molar-refractivity contribution < 1.29 is 27.9 Å². The number of halogens is 3. The number of rotatable bonds is 6. The SMILES string of the molecule is O=C(Cc1cccc(C(F)(F)F)c1)C(Sc1cccc[n+]1O)c1ccccc1. The third kappa shape index (κ3) is 4.92. The smallest absolute Gasteiger partial charge is 0.298 e. The van der Waals surface area contributed by atoms with Gasteiger partial charge in [0.05, 0.1) is 10.8 Å². The molecular weight excluding hydrogens is 387 g/mol. The Balaban J connectivity index is 1.88. The van der Waals surface area contributed by atoms with E-state index >= 15 is 0 Å². The molecule has 0 spiro atoms. The summed E-state index contributed by atoms with van der Waals surface area (Å²) in [6.45, 7) is 0. The molecule has 1 heterocycles. The largest absolute Gasteiger partial charge is 0.416 e. The summed E-state index contributed by atoms with van der Waals surface area (Å²) >= 11 is 1.15. The molecule has 0 amide bonds. The quantitative estimate of drug-likeness (QED) is 0.362. The summed E-state index contributed by atoms with van der Waals surface area (Å²) in [5.74, 6) is -0.251. The number of aromatic nitrogens is 1. The molecule has 0 saturated heterocycles. The fourth-order valence-electron chi connectivity index (χ4n) is 2.73. The second kappa shape index (κ2) is 8.48. The molecule has 28 heavy (non-hydrogen) atoms. The van der Waals surface area contributed by atoms with Gasteiger partial charge in [-0.3, -0.25) is 10.0 Å². The molecule has 3 rings (SSSR count). The highest BCUT2D eigenvalue weighted by atomic mass is 32.2. The lowest BCUT2D eigenvalue weighted by Crippen LogP contribution is -2.32. The van der Waals surface area contributed by atoms with E-state index in [1.807, 2.05) is 6.07 Å². The summed E-state index contributed by atoms with van der Waals surface area (Å²) in [6.07, 6.45) is -3.16. The number of Topliss-reactive ketones (excluding diaryl/α,β-unsaturated/α-hetero) is 1. The zero-order valence-electron chi connectivity index (χ0n) is 14.6. The first-order valence-corrected chi connectivity index (χ1v) is 9.33. The number of ketones is 1. The Kier molecular flexibility index (Phi) is 6.04. The number of alkyl halides is 3. The number of carbonyl (C=O) groups is 1. The van der Waals surface area contributed by atoms with Gasteiger partial charge in [0.2, 0.25) is 6.20 Å². The maximum atomic E-state index is 13.0. The van der Waals surface area contributed by atoms with Crippen LogP contribution >= 0.6 is 11.8 Å². The van der Waals surface area contributed by atoms with Crippen LogP contribution in [0.1, 0.15) is 21.9 Å². The van der Waals surface area contributed by atoms with Gasteiger partial charge in [-0.25, -0.2) is 0 Å². The third-order valence-electron chi connectivity index (χ3n) is 4.07. The zero-order valence-corrected chi connectivity index (χ0v) is 15.5. The topological polar surface area (TPSA) is 41.2 Å². The second-order valence-electron chi connectivity index (χ2n) is 6.13. The molecule has 7 heteroatoms. The highest BCUT2D eigenvalue weighted by Crippen LogP contribution is 2.35. The maximum absolute atomic E-state index is 13.0. The van der Waals surface area contributed by atoms with Gasteiger partial charge >= 0.3 is 6.18 Å². The van der Waals surface area contributed by atoms with Crippen LogP contribution in [0.5, 0.6) is 0 Å². The van der Waals surface area contributed by atoms with Gasteiger partial charge in [0.25, 0.3) is 5.03 Å². The lowest BCUT2D eigenvalue weighted by molar-refractivity contribution is -0.932. The van der Waals surface area contributed by atoms with Crippen LogP contribution in [0.2, 0.25) is 0 Å². The van der Waals surface area contributed by atoms with Crippen LogP contribution in [0.25, 0.3) is 0 Å². The second-order valence-corrected chi connectivity index (χ2v) is 7.26. The molecule has 0 aliphatic carbocycles. The van der Waals surface area contributed by atoms with Crippen LogP contribution in [-0.2, 0) is 17.4 Å². The van der Waals surface area contributed by atoms with Gasteiger partial charge in [0.15, 0.2) is 5.78 Å². The van der Waals surface area contributed by atoms with Crippen LogP contribution in [0.4, 0.5) is 13.2 Å². The van der Waals surface area contributed by atoms with Gasteiger partial charge in [-0.2, -0.15) is 13.2 Å². The van der Waals surface area contributed by atoms with Gasteiger partial charge in [-0.1, -0.05) is 48.5 Å². The fourth-order valence-corrected chi connectivity index (χ4v) is 3.81. The minimum atomic E-state index is -4.46. The Labute approximate surface area is 164 Å². The highest BCUT2D eigenvalue weighted by molar-refractivity contribution is 8.00. The average molecular weight is 404 g/mol. The minimum absolute atomic E-state index is 0.144. The Morgan fingerprint density at radius 2 is 1.71 bits per heavy atom. The Morgan fingerprint density at radius 1 is 1.00 bits per heavy atom. The number of carbonyl (C=O) groups excluding carboxylic acids is 1. The van der Waals surface area contributed by atoms with Crippen molar-refractivity contribution in [3.8, 4) is 0 Å². The van der Waals surface area contributed by atoms with E-state index in [2.05, 4.69) is 0 Å². The Bertz CT molecular complexity index is 961. The Morgan fingerprint density at radius 3 is 2.39 bits per heavy atom. The lowest BCUT2D eigenvalue weighted by atomic mass is 10.0. The summed E-state index contributed by atoms with van der Waals surface area (Å²) in [5, 5.41) is 9.75. The molecule has 0 radical (unpaired) electrons. The molecule has 0 bridgehead atoms. The molecule has 3 aromatic rings. The number of hydrogen-bond acceptors (Lipinski definition) is 3. The van der Waals surface area contributed by atoms with Gasteiger partial charge < -0.3 is 0 Å². The standard InChI is InChI=1S/C21H17F3NO2S/c22-21(23,24)17-10-6-7-15(13-17)14-18(26)20(16-8-2-1-3-9-16)28-19-11-4-5-12-25(19)27/h1-13,20,27H,14H2/q+1. The fraction of sp³-hybridized carbons (Fsp3) is 0.143. The number of nitrogens with zero attached hydrogens (tertiary/aromatic N) is 1. The molecule has 1 unspecified atom stereocenters. The number of pyridine rings is 1. The first-order valence-electron chi connectivity index (χ1n) is 8.45. The van der Waals surface area contributed by atoms with E-state index in [0.717, 1.165) is 28.6 Å². The van der Waals surface area contributed by atoms with E-state index in [1.165, 1.54) is 18.3 Å². The summed E-state index contributed by atoms with van der Waals surface area (Å²) in [4.78, 5) is 13.0.